The molecule has 0 saturated heterocycles. The molecule has 1 N–H and O–H groups in total. The summed E-state index contributed by atoms with van der Waals surface area (Å²) in [6, 6.07) is 3.95. The number of phenols is 1. The van der Waals surface area contributed by atoms with Crippen molar-refractivity contribution in [2.24, 2.45) is 0 Å². The first-order valence-electron chi connectivity index (χ1n) is 4.08. The first-order chi connectivity index (χ1) is 5.65. The quantitative estimate of drug-likeness (QED) is 0.673. The highest BCUT2D eigenvalue weighted by molar-refractivity contribution is 5.55. The summed E-state index contributed by atoms with van der Waals surface area (Å²) in [5, 5.41) is 9.47. The Labute approximate surface area is 73.4 Å². The normalized spacial score (nSPS) is 10.9. The fraction of sp³-hybridized carbons (Fsp3) is 0.273. The number of benzene rings is 1. The topological polar surface area (TPSA) is 20.2 Å². The van der Waals surface area contributed by atoms with E-state index in [1.807, 2.05) is 45.1 Å². The van der Waals surface area contributed by atoms with E-state index < -0.39 is 0 Å². The van der Waals surface area contributed by atoms with Gasteiger partial charge in [-0.3, -0.25) is 0 Å². The van der Waals surface area contributed by atoms with Crippen LogP contribution in [0.15, 0.2) is 18.2 Å². The fourth-order valence-corrected chi connectivity index (χ4v) is 1.28. The largest absolute Gasteiger partial charge is 0.507 e. The van der Waals surface area contributed by atoms with Crippen molar-refractivity contribution in [3.63, 3.8) is 0 Å². The van der Waals surface area contributed by atoms with Crippen molar-refractivity contribution < 1.29 is 5.11 Å². The summed E-state index contributed by atoms with van der Waals surface area (Å²) < 4.78 is 0. The zero-order valence-electron chi connectivity index (χ0n) is 7.76. The Morgan fingerprint density at radius 2 is 1.67 bits per heavy atom. The van der Waals surface area contributed by atoms with E-state index in [0.717, 1.165) is 16.7 Å². The van der Waals surface area contributed by atoms with Crippen LogP contribution in [-0.2, 0) is 0 Å². The number of phenolic OH excluding ortho intramolecular Hbond substituents is 1. The zero-order chi connectivity index (χ0) is 9.14. The molecule has 0 unspecified atom stereocenters. The van der Waals surface area contributed by atoms with Crippen LogP contribution in [0.3, 0.4) is 0 Å². The molecular formula is C11H14O. The van der Waals surface area contributed by atoms with Gasteiger partial charge >= 0.3 is 0 Å². The molecule has 0 saturated carbocycles. The summed E-state index contributed by atoms with van der Waals surface area (Å²) in [5.41, 5.74) is 3.01. The number of aryl methyl sites for hydroxylation is 2. The van der Waals surface area contributed by atoms with Gasteiger partial charge in [0, 0.05) is 0 Å². The molecule has 0 bridgehead atoms. The first-order valence-corrected chi connectivity index (χ1v) is 4.08. The van der Waals surface area contributed by atoms with Crippen LogP contribution in [0, 0.1) is 13.8 Å². The number of allylic oxidation sites excluding steroid dienone is 1. The molecular weight excluding hydrogens is 148 g/mol. The van der Waals surface area contributed by atoms with Crippen molar-refractivity contribution in [2.45, 2.75) is 20.8 Å². The van der Waals surface area contributed by atoms with Crippen molar-refractivity contribution in [3.05, 3.63) is 34.9 Å². The van der Waals surface area contributed by atoms with E-state index in [2.05, 4.69) is 0 Å². The van der Waals surface area contributed by atoms with E-state index in [1.54, 1.807) is 0 Å². The zero-order valence-corrected chi connectivity index (χ0v) is 7.76. The van der Waals surface area contributed by atoms with E-state index in [4.69, 9.17) is 0 Å². The molecule has 0 aromatic heterocycles. The van der Waals surface area contributed by atoms with Gasteiger partial charge in [0.1, 0.15) is 5.75 Å². The number of hydrogen-bond acceptors (Lipinski definition) is 1. The molecule has 0 fully saturated rings. The predicted octanol–water partition coefficient (Wildman–Crippen LogP) is 3.04. The van der Waals surface area contributed by atoms with E-state index >= 15 is 0 Å². The van der Waals surface area contributed by atoms with Crippen molar-refractivity contribution in [1.82, 2.24) is 0 Å². The molecule has 1 aromatic rings. The van der Waals surface area contributed by atoms with Gasteiger partial charge in [-0.05, 0) is 49.6 Å². The van der Waals surface area contributed by atoms with Crippen LogP contribution in [0.5, 0.6) is 5.75 Å². The SMILES string of the molecule is C/C=C\c1cc(C)c(O)c(C)c1. The minimum Gasteiger partial charge on any atom is -0.507 e. The lowest BCUT2D eigenvalue weighted by molar-refractivity contribution is 0.467. The molecule has 0 radical (unpaired) electrons. The average Bonchev–Trinajstić information content (AvgIpc) is 2.01. The smallest absolute Gasteiger partial charge is 0.121 e. The Morgan fingerprint density at radius 3 is 2.08 bits per heavy atom. The molecule has 1 nitrogen and oxygen atoms in total. The van der Waals surface area contributed by atoms with Crippen LogP contribution in [-0.4, -0.2) is 5.11 Å². The molecule has 0 atom stereocenters. The summed E-state index contributed by atoms with van der Waals surface area (Å²) in [7, 11) is 0. The first kappa shape index (κ1) is 8.85. The van der Waals surface area contributed by atoms with Crippen LogP contribution in [0.1, 0.15) is 23.6 Å². The minimum atomic E-state index is 0.406. The molecule has 0 amide bonds. The second-order valence-corrected chi connectivity index (χ2v) is 3.00. The maximum Gasteiger partial charge on any atom is 0.121 e. The van der Waals surface area contributed by atoms with Gasteiger partial charge < -0.3 is 5.11 Å². The average molecular weight is 162 g/mol. The van der Waals surface area contributed by atoms with Gasteiger partial charge in [0.05, 0.1) is 0 Å². The van der Waals surface area contributed by atoms with Gasteiger partial charge in [0.25, 0.3) is 0 Å². The lowest BCUT2D eigenvalue weighted by Gasteiger charge is -2.04. The summed E-state index contributed by atoms with van der Waals surface area (Å²) in [5.74, 6) is 0.406. The molecule has 1 heteroatoms. The van der Waals surface area contributed by atoms with E-state index in [0.29, 0.717) is 5.75 Å². The molecule has 64 valence electrons. The van der Waals surface area contributed by atoms with Crippen LogP contribution in [0.25, 0.3) is 6.08 Å². The van der Waals surface area contributed by atoms with Crippen LogP contribution in [0.2, 0.25) is 0 Å². The Balaban J connectivity index is 3.21. The maximum absolute atomic E-state index is 9.47. The molecule has 1 aromatic carbocycles. The third kappa shape index (κ3) is 1.67. The number of aromatic hydroxyl groups is 1. The van der Waals surface area contributed by atoms with Crippen molar-refractivity contribution >= 4 is 6.08 Å². The number of hydrogen-bond donors (Lipinski definition) is 1. The highest BCUT2D eigenvalue weighted by Gasteiger charge is 2.00. The Hall–Kier alpha value is -1.24. The third-order valence-electron chi connectivity index (χ3n) is 1.87. The van der Waals surface area contributed by atoms with Crippen molar-refractivity contribution in [3.8, 4) is 5.75 Å². The van der Waals surface area contributed by atoms with Gasteiger partial charge in [0.2, 0.25) is 0 Å². The lowest BCUT2D eigenvalue weighted by Crippen LogP contribution is -1.82. The summed E-state index contributed by atoms with van der Waals surface area (Å²) in [4.78, 5) is 0. The highest BCUT2D eigenvalue weighted by Crippen LogP contribution is 2.23. The van der Waals surface area contributed by atoms with Crippen molar-refractivity contribution in [1.29, 1.82) is 0 Å². The second-order valence-electron chi connectivity index (χ2n) is 3.00. The molecule has 0 aliphatic rings. The Kier molecular flexibility index (Phi) is 2.54. The predicted molar refractivity (Wildman–Crippen MR) is 52.3 cm³/mol. The lowest BCUT2D eigenvalue weighted by atomic mass is 10.1. The standard InChI is InChI=1S/C11H14O/c1-4-5-10-6-8(2)11(12)9(3)7-10/h4-7,12H,1-3H3/b5-4-. The molecule has 0 spiro atoms. The third-order valence-corrected chi connectivity index (χ3v) is 1.87. The van der Waals surface area contributed by atoms with E-state index in [9.17, 15) is 5.11 Å². The molecule has 0 aliphatic carbocycles. The van der Waals surface area contributed by atoms with Gasteiger partial charge in [-0.2, -0.15) is 0 Å². The molecule has 0 heterocycles. The van der Waals surface area contributed by atoms with Crippen LogP contribution in [0.4, 0.5) is 0 Å². The maximum atomic E-state index is 9.47. The molecule has 1 rings (SSSR count). The Morgan fingerprint density at radius 1 is 1.17 bits per heavy atom. The van der Waals surface area contributed by atoms with Gasteiger partial charge in [-0.1, -0.05) is 12.2 Å². The summed E-state index contributed by atoms with van der Waals surface area (Å²) in [6.07, 6.45) is 4.02. The van der Waals surface area contributed by atoms with E-state index in [1.165, 1.54) is 0 Å². The second kappa shape index (κ2) is 3.44. The van der Waals surface area contributed by atoms with Gasteiger partial charge in [-0.25, -0.2) is 0 Å². The summed E-state index contributed by atoms with van der Waals surface area (Å²) in [6.45, 7) is 5.81. The van der Waals surface area contributed by atoms with Gasteiger partial charge in [0.15, 0.2) is 0 Å². The Bertz CT molecular complexity index is 288. The molecule has 12 heavy (non-hydrogen) atoms. The van der Waals surface area contributed by atoms with Gasteiger partial charge in [-0.15, -0.1) is 0 Å². The highest BCUT2D eigenvalue weighted by atomic mass is 16.3. The summed E-state index contributed by atoms with van der Waals surface area (Å²) >= 11 is 0. The minimum absolute atomic E-state index is 0.406. The number of rotatable bonds is 1. The van der Waals surface area contributed by atoms with Crippen LogP contribution >= 0.6 is 0 Å². The van der Waals surface area contributed by atoms with Crippen molar-refractivity contribution in [2.75, 3.05) is 0 Å². The fourth-order valence-electron chi connectivity index (χ4n) is 1.28. The molecule has 0 aliphatic heterocycles. The monoisotopic (exact) mass is 162 g/mol. The van der Waals surface area contributed by atoms with Crippen LogP contribution < -0.4 is 0 Å². The van der Waals surface area contributed by atoms with E-state index in [-0.39, 0.29) is 0 Å².